The minimum Gasteiger partial charge on any atom is -0.382 e. The summed E-state index contributed by atoms with van der Waals surface area (Å²) in [5.74, 6) is 1.07. The van der Waals surface area contributed by atoms with Crippen LogP contribution in [0.15, 0.2) is 66.4 Å². The molecular formula is C26H20F3N7O. The van der Waals surface area contributed by atoms with Gasteiger partial charge in [-0.2, -0.15) is 18.3 Å². The van der Waals surface area contributed by atoms with E-state index in [0.29, 0.717) is 40.1 Å². The first kappa shape index (κ1) is 22.7. The number of alkyl halides is 3. The molecule has 5 aromatic rings. The van der Waals surface area contributed by atoms with E-state index in [9.17, 15) is 18.0 Å². The number of nitrogens with zero attached hydrogens (tertiary/aromatic N) is 4. The molecule has 0 spiro atoms. The van der Waals surface area contributed by atoms with Crippen LogP contribution in [0.4, 0.5) is 19.0 Å². The number of aromatic nitrogens is 5. The monoisotopic (exact) mass is 503 g/mol. The Balaban J connectivity index is 1.47. The number of aromatic amines is 1. The summed E-state index contributed by atoms with van der Waals surface area (Å²) in [7, 11) is 0. The van der Waals surface area contributed by atoms with Crippen molar-refractivity contribution in [1.29, 1.82) is 0 Å². The predicted molar refractivity (Wildman–Crippen MR) is 135 cm³/mol. The Morgan fingerprint density at radius 3 is 2.76 bits per heavy atom. The second-order valence-corrected chi connectivity index (χ2v) is 8.74. The van der Waals surface area contributed by atoms with Crippen LogP contribution in [-0.2, 0) is 0 Å². The van der Waals surface area contributed by atoms with Crippen LogP contribution in [0.5, 0.6) is 0 Å². The summed E-state index contributed by atoms with van der Waals surface area (Å²) in [5, 5.41) is 8.17. The van der Waals surface area contributed by atoms with Crippen LogP contribution in [0.3, 0.4) is 0 Å². The maximum atomic E-state index is 13.3. The predicted octanol–water partition coefficient (Wildman–Crippen LogP) is 4.83. The van der Waals surface area contributed by atoms with Crippen molar-refractivity contribution in [2.45, 2.75) is 13.1 Å². The van der Waals surface area contributed by atoms with E-state index in [1.165, 1.54) is 0 Å². The number of nitrogen functional groups attached to an aromatic ring is 1. The molecule has 4 N–H and O–H groups in total. The number of aryl methyl sites for hydroxylation is 1. The van der Waals surface area contributed by atoms with Crippen molar-refractivity contribution in [3.8, 4) is 11.4 Å². The molecule has 0 radical (unpaired) electrons. The lowest BCUT2D eigenvalue weighted by Gasteiger charge is -2.18. The Kier molecular flexibility index (Phi) is 4.97. The number of carbonyl (C=O) groups excluding carboxylic acids is 1. The summed E-state index contributed by atoms with van der Waals surface area (Å²) < 4.78 is 43.0. The number of H-pyrrole nitrogens is 1. The quantitative estimate of drug-likeness (QED) is 0.305. The van der Waals surface area contributed by atoms with E-state index in [1.807, 2.05) is 25.1 Å². The van der Waals surface area contributed by atoms with Crippen LogP contribution < -0.4 is 11.1 Å². The molecule has 11 heteroatoms. The van der Waals surface area contributed by atoms with Crippen molar-refractivity contribution in [3.63, 3.8) is 0 Å². The van der Waals surface area contributed by atoms with E-state index >= 15 is 0 Å². The van der Waals surface area contributed by atoms with E-state index in [0.717, 1.165) is 34.4 Å². The number of anilines is 1. The van der Waals surface area contributed by atoms with Crippen LogP contribution in [0.2, 0.25) is 0 Å². The summed E-state index contributed by atoms with van der Waals surface area (Å²) >= 11 is 0. The molecule has 0 unspecified atom stereocenters. The summed E-state index contributed by atoms with van der Waals surface area (Å²) in [6, 6.07) is 12.5. The number of carbonyl (C=O) groups is 1. The van der Waals surface area contributed by atoms with Crippen molar-refractivity contribution >= 4 is 39.7 Å². The number of nitrogens with one attached hydrogen (secondary N) is 2. The Morgan fingerprint density at radius 2 is 1.97 bits per heavy atom. The number of allylic oxidation sites excluding steroid dienone is 2. The van der Waals surface area contributed by atoms with Gasteiger partial charge in [-0.1, -0.05) is 18.2 Å². The van der Waals surface area contributed by atoms with Gasteiger partial charge in [-0.25, -0.2) is 9.67 Å². The largest absolute Gasteiger partial charge is 0.416 e. The fourth-order valence-corrected chi connectivity index (χ4v) is 4.65. The molecule has 0 aliphatic carbocycles. The molecule has 186 valence electrons. The van der Waals surface area contributed by atoms with Gasteiger partial charge in [-0.3, -0.25) is 4.79 Å². The highest BCUT2D eigenvalue weighted by Gasteiger charge is 2.33. The first-order valence-electron chi connectivity index (χ1n) is 11.4. The first-order chi connectivity index (χ1) is 17.7. The number of aldehydes is 1. The molecule has 37 heavy (non-hydrogen) atoms. The van der Waals surface area contributed by atoms with Crippen molar-refractivity contribution in [2.24, 2.45) is 0 Å². The third-order valence-electron chi connectivity index (χ3n) is 6.36. The minimum atomic E-state index is -4.44. The summed E-state index contributed by atoms with van der Waals surface area (Å²) in [6.45, 7) is 1.92. The average Bonchev–Trinajstić information content (AvgIpc) is 3.55. The molecule has 0 bridgehead atoms. The van der Waals surface area contributed by atoms with Gasteiger partial charge in [-0.15, -0.1) is 0 Å². The highest BCUT2D eigenvalue weighted by Crippen LogP contribution is 2.33. The molecule has 0 saturated heterocycles. The smallest absolute Gasteiger partial charge is 0.382 e. The topological polar surface area (TPSA) is 107 Å². The van der Waals surface area contributed by atoms with Crippen LogP contribution in [-0.4, -0.2) is 43.3 Å². The van der Waals surface area contributed by atoms with Crippen LogP contribution in [0, 0.1) is 6.92 Å². The number of benzene rings is 2. The molecule has 4 heterocycles. The molecule has 1 aliphatic rings. The molecular weight excluding hydrogens is 483 g/mol. The number of hydrogen-bond donors (Lipinski definition) is 3. The fraction of sp³-hybridized carbons (Fsp3) is 0.115. The van der Waals surface area contributed by atoms with Gasteiger partial charge in [0.05, 0.1) is 39.7 Å². The van der Waals surface area contributed by atoms with Gasteiger partial charge in [0, 0.05) is 17.6 Å². The minimum absolute atomic E-state index is 0.0545. The number of imidazole rings is 1. The van der Waals surface area contributed by atoms with Crippen molar-refractivity contribution in [3.05, 3.63) is 83.5 Å². The van der Waals surface area contributed by atoms with Crippen LogP contribution in [0.25, 0.3) is 39.0 Å². The van der Waals surface area contributed by atoms with Gasteiger partial charge in [-0.05, 0) is 48.9 Å². The van der Waals surface area contributed by atoms with Gasteiger partial charge < -0.3 is 20.6 Å². The third kappa shape index (κ3) is 3.75. The number of hydrogen-bond acceptors (Lipinski definition) is 5. The first-order valence-corrected chi connectivity index (χ1v) is 11.4. The van der Waals surface area contributed by atoms with Gasteiger partial charge in [0.2, 0.25) is 0 Å². The maximum absolute atomic E-state index is 13.3. The van der Waals surface area contributed by atoms with E-state index in [-0.39, 0.29) is 12.4 Å². The normalized spacial score (nSPS) is 14.1. The van der Waals surface area contributed by atoms with Gasteiger partial charge in [0.25, 0.3) is 0 Å². The zero-order valence-electron chi connectivity index (χ0n) is 19.5. The Labute approximate surface area is 207 Å². The van der Waals surface area contributed by atoms with Crippen molar-refractivity contribution in [2.75, 3.05) is 12.3 Å². The third-order valence-corrected chi connectivity index (χ3v) is 6.36. The second kappa shape index (κ2) is 8.12. The highest BCUT2D eigenvalue weighted by molar-refractivity contribution is 5.93. The van der Waals surface area contributed by atoms with E-state index in [2.05, 4.69) is 20.4 Å². The molecule has 8 nitrogen and oxygen atoms in total. The Morgan fingerprint density at radius 1 is 1.14 bits per heavy atom. The lowest BCUT2D eigenvalue weighted by atomic mass is 10.0. The zero-order chi connectivity index (χ0) is 25.9. The molecule has 0 atom stereocenters. The van der Waals surface area contributed by atoms with Crippen LogP contribution in [0.1, 0.15) is 21.9 Å². The highest BCUT2D eigenvalue weighted by atomic mass is 19.4. The lowest BCUT2D eigenvalue weighted by Crippen LogP contribution is -2.21. The number of fused-ring (bicyclic) bond motifs is 2. The maximum Gasteiger partial charge on any atom is 0.416 e. The number of dihydropyridines is 1. The van der Waals surface area contributed by atoms with E-state index < -0.39 is 11.7 Å². The van der Waals surface area contributed by atoms with Gasteiger partial charge >= 0.3 is 6.18 Å². The molecule has 0 amide bonds. The molecule has 2 aromatic carbocycles. The molecule has 0 fully saturated rings. The lowest BCUT2D eigenvalue weighted by molar-refractivity contribution is -0.0885. The molecule has 0 saturated carbocycles. The number of nitrogens with two attached hydrogens (primary N) is 1. The van der Waals surface area contributed by atoms with E-state index in [4.69, 9.17) is 5.73 Å². The summed E-state index contributed by atoms with van der Waals surface area (Å²) in [6.07, 6.45) is 0.00154. The van der Waals surface area contributed by atoms with Gasteiger partial charge in [0.15, 0.2) is 12.1 Å². The molecule has 1 aliphatic heterocycles. The zero-order valence-corrected chi connectivity index (χ0v) is 19.5. The van der Waals surface area contributed by atoms with Crippen LogP contribution >= 0.6 is 0 Å². The van der Waals surface area contributed by atoms with Crippen molar-refractivity contribution < 1.29 is 18.0 Å². The average molecular weight is 503 g/mol. The summed E-state index contributed by atoms with van der Waals surface area (Å²) in [4.78, 5) is 19.6. The Bertz CT molecular complexity index is 1770. The SMILES string of the molecule is Cc1nc2cc(-n3ncc(-n4c(C=O)cc5ccc(C6=CC(C(F)(F)F)=CCN6)cc54)c3N)ccc2[nH]1. The standard InChI is InChI=1S/C26H20F3N7O/c1-14-33-20-5-4-18(11-22(20)34-14)36-25(30)24(12-32-36)35-19(13-37)8-16-3-2-15(9-23(16)35)21-10-17(6-7-31-21)26(27,28)29/h2-6,8-13,31H,7,30H2,1H3,(H,33,34). The van der Waals surface area contributed by atoms with Gasteiger partial charge in [0.1, 0.15) is 11.5 Å². The fourth-order valence-electron chi connectivity index (χ4n) is 4.65. The molecule has 6 rings (SSSR count). The number of rotatable bonds is 4. The number of halogens is 3. The second-order valence-electron chi connectivity index (χ2n) is 8.74. The Hall–Kier alpha value is -4.80. The summed E-state index contributed by atoms with van der Waals surface area (Å²) in [5.41, 5.74) is 10.4. The molecule has 3 aromatic heterocycles. The van der Waals surface area contributed by atoms with Crippen molar-refractivity contribution in [1.82, 2.24) is 29.6 Å². The van der Waals surface area contributed by atoms with E-state index in [1.54, 1.807) is 39.7 Å².